The second-order valence-electron chi connectivity index (χ2n) is 7.60. The molecule has 1 aromatic rings. The zero-order chi connectivity index (χ0) is 17.3. The average molecular weight is 331 g/mol. The van der Waals surface area contributed by atoms with Gasteiger partial charge in [0.25, 0.3) is 0 Å². The number of fused-ring (bicyclic) bond motifs is 1. The molecule has 3 unspecified atom stereocenters. The van der Waals surface area contributed by atoms with E-state index >= 15 is 0 Å². The van der Waals surface area contributed by atoms with Gasteiger partial charge in [-0.2, -0.15) is 0 Å². The summed E-state index contributed by atoms with van der Waals surface area (Å²) in [7, 11) is 2.04. The SMILES string of the molecule is CC(C)N(C)c1ccc(CN2C(C(=O)O)CC3CCCCC32)cn1. The molecule has 2 heterocycles. The van der Waals surface area contributed by atoms with Gasteiger partial charge in [-0.25, -0.2) is 4.98 Å². The summed E-state index contributed by atoms with van der Waals surface area (Å²) in [5.41, 5.74) is 1.10. The first-order valence-electron chi connectivity index (χ1n) is 9.13. The van der Waals surface area contributed by atoms with E-state index in [0.717, 1.165) is 24.2 Å². The number of carboxylic acid groups (broad SMARTS) is 1. The molecule has 5 heteroatoms. The second kappa shape index (κ2) is 7.09. The average Bonchev–Trinajstić information content (AvgIpc) is 2.94. The number of pyridine rings is 1. The van der Waals surface area contributed by atoms with E-state index in [-0.39, 0.29) is 6.04 Å². The van der Waals surface area contributed by atoms with Crippen LogP contribution < -0.4 is 4.90 Å². The van der Waals surface area contributed by atoms with Crippen molar-refractivity contribution < 1.29 is 9.90 Å². The van der Waals surface area contributed by atoms with E-state index in [1.807, 2.05) is 19.3 Å². The molecule has 24 heavy (non-hydrogen) atoms. The van der Waals surface area contributed by atoms with Crippen LogP contribution in [0.5, 0.6) is 0 Å². The number of hydrogen-bond acceptors (Lipinski definition) is 4. The van der Waals surface area contributed by atoms with E-state index in [2.05, 4.69) is 34.7 Å². The molecule has 1 aromatic heterocycles. The fraction of sp³-hybridized carbons (Fsp3) is 0.684. The van der Waals surface area contributed by atoms with Crippen LogP contribution in [0.25, 0.3) is 0 Å². The third kappa shape index (κ3) is 3.41. The Morgan fingerprint density at radius 2 is 2.12 bits per heavy atom. The molecule has 0 bridgehead atoms. The van der Waals surface area contributed by atoms with E-state index in [1.54, 1.807) is 0 Å². The molecule has 0 spiro atoms. The number of hydrogen-bond donors (Lipinski definition) is 1. The molecule has 3 rings (SSSR count). The molecule has 1 saturated carbocycles. The molecular weight excluding hydrogens is 302 g/mol. The van der Waals surface area contributed by atoms with Crippen LogP contribution >= 0.6 is 0 Å². The summed E-state index contributed by atoms with van der Waals surface area (Å²) in [4.78, 5) is 20.6. The minimum atomic E-state index is -0.673. The van der Waals surface area contributed by atoms with Gasteiger partial charge in [0.15, 0.2) is 0 Å². The predicted octanol–water partition coefficient (Wildman–Crippen LogP) is 3.14. The van der Waals surface area contributed by atoms with Crippen LogP contribution in [-0.4, -0.2) is 46.1 Å². The van der Waals surface area contributed by atoms with Crippen LogP contribution in [0.15, 0.2) is 18.3 Å². The molecule has 3 atom stereocenters. The zero-order valence-corrected chi connectivity index (χ0v) is 15.0. The van der Waals surface area contributed by atoms with Crippen molar-refractivity contribution in [3.63, 3.8) is 0 Å². The Hall–Kier alpha value is -1.62. The van der Waals surface area contributed by atoms with Crippen LogP contribution in [0.2, 0.25) is 0 Å². The Kier molecular flexibility index (Phi) is 5.09. The summed E-state index contributed by atoms with van der Waals surface area (Å²) < 4.78 is 0. The summed E-state index contributed by atoms with van der Waals surface area (Å²) in [6, 6.07) is 4.63. The van der Waals surface area contributed by atoms with Crippen LogP contribution in [0, 0.1) is 5.92 Å². The van der Waals surface area contributed by atoms with Crippen molar-refractivity contribution >= 4 is 11.8 Å². The maximum atomic E-state index is 11.7. The minimum Gasteiger partial charge on any atom is -0.480 e. The van der Waals surface area contributed by atoms with Crippen LogP contribution in [0.4, 0.5) is 5.82 Å². The fourth-order valence-electron chi connectivity index (χ4n) is 4.22. The molecule has 132 valence electrons. The standard InChI is InChI=1S/C19H29N3O2/c1-13(2)21(3)18-9-8-14(11-20-18)12-22-16-7-5-4-6-15(16)10-17(22)19(23)24/h8-9,11,13,15-17H,4-7,10,12H2,1-3H3,(H,23,24). The van der Waals surface area contributed by atoms with Crippen LogP contribution in [0.1, 0.15) is 51.5 Å². The molecule has 0 amide bonds. The van der Waals surface area contributed by atoms with Crippen molar-refractivity contribution in [2.45, 2.75) is 70.6 Å². The molecule has 0 aromatic carbocycles. The molecule has 1 N–H and O–H groups in total. The molecule has 2 aliphatic rings. The number of rotatable bonds is 5. The summed E-state index contributed by atoms with van der Waals surface area (Å²) in [5, 5.41) is 9.62. The van der Waals surface area contributed by atoms with Gasteiger partial charge in [0.1, 0.15) is 11.9 Å². The van der Waals surface area contributed by atoms with E-state index in [0.29, 0.717) is 24.5 Å². The van der Waals surface area contributed by atoms with Gasteiger partial charge >= 0.3 is 5.97 Å². The summed E-state index contributed by atoms with van der Waals surface area (Å²) in [6.07, 6.45) is 7.50. The second-order valence-corrected chi connectivity index (χ2v) is 7.60. The van der Waals surface area contributed by atoms with Crippen molar-refractivity contribution in [1.82, 2.24) is 9.88 Å². The Morgan fingerprint density at radius 1 is 1.38 bits per heavy atom. The zero-order valence-electron chi connectivity index (χ0n) is 15.0. The molecule has 1 aliphatic carbocycles. The summed E-state index contributed by atoms with van der Waals surface area (Å²) in [5.74, 6) is 0.841. The molecular formula is C19H29N3O2. The monoisotopic (exact) mass is 331 g/mol. The Morgan fingerprint density at radius 3 is 2.75 bits per heavy atom. The van der Waals surface area contributed by atoms with Crippen molar-refractivity contribution in [2.75, 3.05) is 11.9 Å². The molecule has 1 aliphatic heterocycles. The first kappa shape index (κ1) is 17.2. The maximum Gasteiger partial charge on any atom is 0.320 e. The number of nitrogens with zero attached hydrogens (tertiary/aromatic N) is 3. The first-order chi connectivity index (χ1) is 11.5. The number of anilines is 1. The summed E-state index contributed by atoms with van der Waals surface area (Å²) in [6.45, 7) is 4.97. The lowest BCUT2D eigenvalue weighted by Gasteiger charge is -2.33. The van der Waals surface area contributed by atoms with Gasteiger partial charge in [-0.3, -0.25) is 9.69 Å². The molecule has 5 nitrogen and oxygen atoms in total. The minimum absolute atomic E-state index is 0.337. The topological polar surface area (TPSA) is 56.7 Å². The Bertz CT molecular complexity index is 572. The normalized spacial score (nSPS) is 27.2. The third-order valence-corrected chi connectivity index (χ3v) is 5.82. The maximum absolute atomic E-state index is 11.7. The molecule has 2 fully saturated rings. The van der Waals surface area contributed by atoms with Crippen molar-refractivity contribution in [3.8, 4) is 0 Å². The van der Waals surface area contributed by atoms with Gasteiger partial charge in [-0.1, -0.05) is 18.9 Å². The first-order valence-corrected chi connectivity index (χ1v) is 9.13. The predicted molar refractivity (Wildman–Crippen MR) is 95.1 cm³/mol. The molecule has 0 radical (unpaired) electrons. The van der Waals surface area contributed by atoms with Crippen LogP contribution in [0.3, 0.4) is 0 Å². The lowest BCUT2D eigenvalue weighted by molar-refractivity contribution is -0.142. The number of aromatic nitrogens is 1. The highest BCUT2D eigenvalue weighted by Gasteiger charge is 2.44. The van der Waals surface area contributed by atoms with Gasteiger partial charge in [-0.05, 0) is 50.7 Å². The van der Waals surface area contributed by atoms with E-state index in [9.17, 15) is 9.90 Å². The van der Waals surface area contributed by atoms with Crippen molar-refractivity contribution in [1.29, 1.82) is 0 Å². The Labute approximate surface area is 144 Å². The van der Waals surface area contributed by atoms with Crippen molar-refractivity contribution in [2.24, 2.45) is 5.92 Å². The quantitative estimate of drug-likeness (QED) is 0.898. The van der Waals surface area contributed by atoms with Gasteiger partial charge in [-0.15, -0.1) is 0 Å². The van der Waals surface area contributed by atoms with Gasteiger partial charge < -0.3 is 10.0 Å². The number of likely N-dealkylation sites (tertiary alicyclic amines) is 1. The van der Waals surface area contributed by atoms with E-state index in [1.165, 1.54) is 19.3 Å². The number of carboxylic acids is 1. The molecule has 1 saturated heterocycles. The lowest BCUT2D eigenvalue weighted by atomic mass is 9.84. The van der Waals surface area contributed by atoms with Crippen LogP contribution in [-0.2, 0) is 11.3 Å². The summed E-state index contributed by atoms with van der Waals surface area (Å²) >= 11 is 0. The Balaban J connectivity index is 1.74. The third-order valence-electron chi connectivity index (χ3n) is 5.82. The van der Waals surface area contributed by atoms with E-state index in [4.69, 9.17) is 0 Å². The highest BCUT2D eigenvalue weighted by atomic mass is 16.4. The highest BCUT2D eigenvalue weighted by molar-refractivity contribution is 5.74. The smallest absolute Gasteiger partial charge is 0.320 e. The number of carbonyl (C=O) groups is 1. The van der Waals surface area contributed by atoms with Gasteiger partial charge in [0.2, 0.25) is 0 Å². The van der Waals surface area contributed by atoms with Gasteiger partial charge in [0, 0.05) is 31.9 Å². The largest absolute Gasteiger partial charge is 0.480 e. The van der Waals surface area contributed by atoms with Gasteiger partial charge in [0.05, 0.1) is 0 Å². The number of aliphatic carboxylic acids is 1. The fourth-order valence-corrected chi connectivity index (χ4v) is 4.22. The van der Waals surface area contributed by atoms with E-state index < -0.39 is 5.97 Å². The van der Waals surface area contributed by atoms with Crippen molar-refractivity contribution in [3.05, 3.63) is 23.9 Å². The lowest BCUT2D eigenvalue weighted by Crippen LogP contribution is -2.41. The highest BCUT2D eigenvalue weighted by Crippen LogP contribution is 2.40.